The van der Waals surface area contributed by atoms with E-state index >= 15 is 0 Å². The van der Waals surface area contributed by atoms with Crippen molar-refractivity contribution in [2.24, 2.45) is 4.99 Å². The number of hydrogen-bond donors (Lipinski definition) is 2. The molecule has 6 nitrogen and oxygen atoms in total. The van der Waals surface area contributed by atoms with E-state index in [9.17, 15) is 9.90 Å². The standard InChI is InChI=1S/C18H15IN2O4S/c1-24-12-5-3-11(4-6-12)20-18-21-17(23)15(26-18)9-10-7-13(19)16(22)14(8-10)25-2/h3-9,22H,1-2H3,(H,20,21,23)/b15-9-. The Labute approximate surface area is 168 Å². The zero-order chi connectivity index (χ0) is 18.7. The SMILES string of the molecule is COc1ccc(N=C2NC(=O)/C(=C/c3cc(I)c(O)c(OC)c3)S2)cc1. The molecule has 2 aromatic rings. The third-order valence-electron chi connectivity index (χ3n) is 3.52. The molecule has 2 aromatic carbocycles. The van der Waals surface area contributed by atoms with Crippen LogP contribution in [0.15, 0.2) is 46.3 Å². The largest absolute Gasteiger partial charge is 0.504 e. The minimum absolute atomic E-state index is 0.0838. The average Bonchev–Trinajstić information content (AvgIpc) is 2.97. The number of methoxy groups -OCH3 is 2. The number of hydrogen-bond acceptors (Lipinski definition) is 6. The van der Waals surface area contributed by atoms with Crippen LogP contribution in [-0.4, -0.2) is 30.4 Å². The molecule has 1 fully saturated rings. The topological polar surface area (TPSA) is 80.2 Å². The number of thioether (sulfide) groups is 1. The van der Waals surface area contributed by atoms with E-state index < -0.39 is 0 Å². The number of rotatable bonds is 4. The Morgan fingerprint density at radius 3 is 2.58 bits per heavy atom. The Bertz CT molecular complexity index is 910. The molecule has 0 bridgehead atoms. The van der Waals surface area contributed by atoms with Crippen molar-refractivity contribution in [2.75, 3.05) is 14.2 Å². The van der Waals surface area contributed by atoms with Crippen molar-refractivity contribution in [3.05, 3.63) is 50.4 Å². The average molecular weight is 482 g/mol. The first-order valence-corrected chi connectivity index (χ1v) is 9.40. The molecule has 3 rings (SSSR count). The predicted molar refractivity (Wildman–Crippen MR) is 111 cm³/mol. The number of halogens is 1. The van der Waals surface area contributed by atoms with Gasteiger partial charge in [0.15, 0.2) is 16.7 Å². The van der Waals surface area contributed by atoms with Gasteiger partial charge in [-0.3, -0.25) is 4.79 Å². The monoisotopic (exact) mass is 482 g/mol. The number of nitrogens with one attached hydrogen (secondary N) is 1. The number of phenolic OH excluding ortho intramolecular Hbond substituents is 1. The van der Waals surface area contributed by atoms with E-state index in [1.165, 1.54) is 18.9 Å². The van der Waals surface area contributed by atoms with Crippen molar-refractivity contribution >= 4 is 57.2 Å². The molecule has 1 saturated heterocycles. The zero-order valence-corrected chi connectivity index (χ0v) is 16.9. The Kier molecular flexibility index (Phi) is 5.72. The van der Waals surface area contributed by atoms with Gasteiger partial charge in [0.2, 0.25) is 0 Å². The summed E-state index contributed by atoms with van der Waals surface area (Å²) in [6, 6.07) is 10.7. The van der Waals surface area contributed by atoms with Gasteiger partial charge in [0, 0.05) is 0 Å². The van der Waals surface area contributed by atoms with E-state index in [0.717, 1.165) is 17.0 Å². The van der Waals surface area contributed by atoms with Crippen molar-refractivity contribution in [2.45, 2.75) is 0 Å². The number of aromatic hydroxyl groups is 1. The quantitative estimate of drug-likeness (QED) is 0.511. The summed E-state index contributed by atoms with van der Waals surface area (Å²) in [5.74, 6) is 0.970. The third-order valence-corrected chi connectivity index (χ3v) is 5.25. The fraction of sp³-hybridized carbons (Fsp3) is 0.111. The summed E-state index contributed by atoms with van der Waals surface area (Å²) >= 11 is 3.27. The van der Waals surface area contributed by atoms with Gasteiger partial charge in [0.1, 0.15) is 5.75 Å². The molecule has 0 aliphatic carbocycles. The number of carbonyl (C=O) groups is 1. The number of phenols is 1. The lowest BCUT2D eigenvalue weighted by molar-refractivity contribution is -0.115. The van der Waals surface area contributed by atoms with E-state index in [1.54, 1.807) is 25.3 Å². The Morgan fingerprint density at radius 1 is 1.19 bits per heavy atom. The molecule has 1 heterocycles. The molecule has 2 N–H and O–H groups in total. The number of nitrogens with zero attached hydrogens (tertiary/aromatic N) is 1. The molecule has 26 heavy (non-hydrogen) atoms. The molecule has 1 amide bonds. The highest BCUT2D eigenvalue weighted by molar-refractivity contribution is 14.1. The number of aliphatic imine (C=N–C) groups is 1. The van der Waals surface area contributed by atoms with Gasteiger partial charge in [-0.15, -0.1) is 0 Å². The van der Waals surface area contributed by atoms with E-state index in [4.69, 9.17) is 9.47 Å². The Morgan fingerprint density at radius 2 is 1.92 bits per heavy atom. The van der Waals surface area contributed by atoms with E-state index in [2.05, 4.69) is 10.3 Å². The van der Waals surface area contributed by atoms with Gasteiger partial charge in [0.25, 0.3) is 5.91 Å². The van der Waals surface area contributed by atoms with Crippen molar-refractivity contribution in [3.63, 3.8) is 0 Å². The maximum atomic E-state index is 12.2. The minimum Gasteiger partial charge on any atom is -0.504 e. The molecule has 1 aliphatic heterocycles. The van der Waals surface area contributed by atoms with E-state index in [0.29, 0.717) is 19.4 Å². The first-order valence-electron chi connectivity index (χ1n) is 7.50. The van der Waals surface area contributed by atoms with Crippen LogP contribution in [0.25, 0.3) is 6.08 Å². The van der Waals surface area contributed by atoms with Crippen LogP contribution >= 0.6 is 34.4 Å². The van der Waals surface area contributed by atoms with Crippen LogP contribution in [0, 0.1) is 3.57 Å². The molecule has 1 aliphatic rings. The Hall–Kier alpha value is -2.20. The van der Waals surface area contributed by atoms with Crippen LogP contribution < -0.4 is 14.8 Å². The third kappa shape index (κ3) is 4.13. The van der Waals surface area contributed by atoms with Gasteiger partial charge in [-0.2, -0.15) is 0 Å². The van der Waals surface area contributed by atoms with Gasteiger partial charge in [0.05, 0.1) is 28.4 Å². The normalized spacial score (nSPS) is 16.8. The van der Waals surface area contributed by atoms with Crippen molar-refractivity contribution in [1.29, 1.82) is 0 Å². The molecular formula is C18H15IN2O4S. The predicted octanol–water partition coefficient (Wildman–Crippen LogP) is 3.91. The maximum Gasteiger partial charge on any atom is 0.264 e. The fourth-order valence-electron chi connectivity index (χ4n) is 2.24. The minimum atomic E-state index is -0.218. The maximum absolute atomic E-state index is 12.2. The highest BCUT2D eigenvalue weighted by atomic mass is 127. The number of carbonyl (C=O) groups excluding carboxylic acids is 1. The molecule has 8 heteroatoms. The van der Waals surface area contributed by atoms with Gasteiger partial charge in [-0.1, -0.05) is 0 Å². The van der Waals surface area contributed by atoms with Crippen molar-refractivity contribution in [1.82, 2.24) is 5.32 Å². The summed E-state index contributed by atoms with van der Waals surface area (Å²) in [6.45, 7) is 0. The van der Waals surface area contributed by atoms with Crippen LogP contribution in [0.5, 0.6) is 17.2 Å². The van der Waals surface area contributed by atoms with Gasteiger partial charge in [-0.05, 0) is 82.4 Å². The second kappa shape index (κ2) is 8.00. The molecular weight excluding hydrogens is 467 g/mol. The van der Waals surface area contributed by atoms with Crippen LogP contribution in [-0.2, 0) is 4.79 Å². The highest BCUT2D eigenvalue weighted by Crippen LogP contribution is 2.35. The fourth-order valence-corrected chi connectivity index (χ4v) is 3.71. The molecule has 0 unspecified atom stereocenters. The summed E-state index contributed by atoms with van der Waals surface area (Å²) in [7, 11) is 3.09. The number of amidine groups is 1. The highest BCUT2D eigenvalue weighted by Gasteiger charge is 2.24. The smallest absolute Gasteiger partial charge is 0.264 e. The summed E-state index contributed by atoms with van der Waals surface area (Å²) in [5, 5.41) is 13.2. The van der Waals surface area contributed by atoms with Crippen molar-refractivity contribution in [3.8, 4) is 17.2 Å². The van der Waals surface area contributed by atoms with Crippen LogP contribution in [0.4, 0.5) is 5.69 Å². The lowest BCUT2D eigenvalue weighted by Crippen LogP contribution is -2.19. The first kappa shape index (κ1) is 18.6. The van der Waals surface area contributed by atoms with E-state index in [-0.39, 0.29) is 11.7 Å². The molecule has 0 aromatic heterocycles. The molecule has 134 valence electrons. The number of benzene rings is 2. The van der Waals surface area contributed by atoms with Gasteiger partial charge in [-0.25, -0.2) is 4.99 Å². The van der Waals surface area contributed by atoms with Crippen LogP contribution in [0.2, 0.25) is 0 Å². The molecule has 0 spiro atoms. The van der Waals surface area contributed by atoms with Crippen molar-refractivity contribution < 1.29 is 19.4 Å². The second-order valence-electron chi connectivity index (χ2n) is 5.23. The molecule has 0 radical (unpaired) electrons. The Balaban J connectivity index is 1.84. The van der Waals surface area contributed by atoms with Gasteiger partial charge >= 0.3 is 0 Å². The second-order valence-corrected chi connectivity index (χ2v) is 7.43. The summed E-state index contributed by atoms with van der Waals surface area (Å²) < 4.78 is 10.9. The van der Waals surface area contributed by atoms with E-state index in [1.807, 2.05) is 46.9 Å². The summed E-state index contributed by atoms with van der Waals surface area (Å²) in [4.78, 5) is 17.1. The van der Waals surface area contributed by atoms with Crippen LogP contribution in [0.3, 0.4) is 0 Å². The molecule has 0 atom stereocenters. The summed E-state index contributed by atoms with van der Waals surface area (Å²) in [6.07, 6.45) is 1.74. The lowest BCUT2D eigenvalue weighted by atomic mass is 10.2. The first-order chi connectivity index (χ1) is 12.5. The molecule has 0 saturated carbocycles. The van der Waals surface area contributed by atoms with Gasteiger partial charge < -0.3 is 19.9 Å². The van der Waals surface area contributed by atoms with Crippen LogP contribution in [0.1, 0.15) is 5.56 Å². The number of ether oxygens (including phenoxy) is 2. The zero-order valence-electron chi connectivity index (χ0n) is 13.9. The summed E-state index contributed by atoms with van der Waals surface area (Å²) in [5.41, 5.74) is 1.48. The lowest BCUT2D eigenvalue weighted by Gasteiger charge is -2.06. The number of amides is 1.